The normalized spacial score (nSPS) is 13.9. The standard InChI is InChI=1S/C27H23N2O.C13H24O2.Ir/c1-26(2,3)17-14-13-16-22-21-15(9-8-12-20(21)30-24(17)22)23-25(27(16,4)5)29-19-11-7-6-10-18(19)28-23;1-5-10(6-2)12(14)9-13(15)11(7-3)8-4;/h6-8,10-14H,1-5H3;9-11,14H,5-8H2,1-4H3;/q-1;;/b;12-9-;. The second-order valence-electron chi connectivity index (χ2n) is 13.8. The molecule has 0 fully saturated rings. The smallest absolute Gasteiger partial charge is 0.162 e. The molecule has 0 saturated carbocycles. The quantitative estimate of drug-likeness (QED) is 0.101. The fraction of sp³-hybridized carbons (Fsp3) is 0.425. The first-order chi connectivity index (χ1) is 21.4. The summed E-state index contributed by atoms with van der Waals surface area (Å²) in [7, 11) is 0. The van der Waals surface area contributed by atoms with Crippen LogP contribution < -0.4 is 0 Å². The van der Waals surface area contributed by atoms with E-state index in [-0.39, 0.29) is 54.3 Å². The Hall–Kier alpha value is -3.34. The molecule has 3 aromatic carbocycles. The fourth-order valence-corrected chi connectivity index (χ4v) is 6.67. The van der Waals surface area contributed by atoms with Crippen molar-refractivity contribution in [3.8, 4) is 11.3 Å². The van der Waals surface area contributed by atoms with Gasteiger partial charge in [0.15, 0.2) is 5.78 Å². The average Bonchev–Trinajstić information content (AvgIpc) is 3.37. The number of nitrogens with zero attached hydrogens (tertiary/aromatic N) is 2. The van der Waals surface area contributed by atoms with Crippen LogP contribution in [0.4, 0.5) is 0 Å². The van der Waals surface area contributed by atoms with Crippen LogP contribution in [0.1, 0.15) is 105 Å². The predicted octanol–water partition coefficient (Wildman–Crippen LogP) is 10.8. The van der Waals surface area contributed by atoms with Gasteiger partial charge in [0, 0.05) is 54.8 Å². The van der Waals surface area contributed by atoms with Crippen LogP contribution in [0.5, 0.6) is 0 Å². The zero-order valence-corrected chi connectivity index (χ0v) is 31.1. The Labute approximate surface area is 287 Å². The summed E-state index contributed by atoms with van der Waals surface area (Å²) in [4.78, 5) is 21.9. The van der Waals surface area contributed by atoms with E-state index in [4.69, 9.17) is 14.4 Å². The van der Waals surface area contributed by atoms with E-state index in [9.17, 15) is 9.90 Å². The Morgan fingerprint density at radius 2 is 1.52 bits per heavy atom. The van der Waals surface area contributed by atoms with Gasteiger partial charge in [0.25, 0.3) is 0 Å². The van der Waals surface area contributed by atoms with Crippen LogP contribution in [0.25, 0.3) is 44.2 Å². The second kappa shape index (κ2) is 13.8. The maximum absolute atomic E-state index is 11.7. The molecule has 0 atom stereocenters. The first kappa shape index (κ1) is 35.5. The molecule has 1 aliphatic rings. The van der Waals surface area contributed by atoms with Crippen LogP contribution in [0.15, 0.2) is 64.8 Å². The minimum Gasteiger partial charge on any atom is -0.512 e. The number of furan rings is 1. The van der Waals surface area contributed by atoms with Gasteiger partial charge >= 0.3 is 0 Å². The number of para-hydroxylation sites is 2. The Balaban J connectivity index is 0.000000259. The van der Waals surface area contributed by atoms with Gasteiger partial charge in [-0.2, -0.15) is 0 Å². The minimum absolute atomic E-state index is 0. The van der Waals surface area contributed by atoms with Crippen molar-refractivity contribution in [2.24, 2.45) is 11.8 Å². The number of ketones is 1. The van der Waals surface area contributed by atoms with Gasteiger partial charge in [-0.05, 0) is 59.7 Å². The summed E-state index contributed by atoms with van der Waals surface area (Å²) in [6.45, 7) is 19.3. The molecule has 0 amide bonds. The number of benzene rings is 3. The molecule has 2 heterocycles. The van der Waals surface area contributed by atoms with Crippen LogP contribution in [0.2, 0.25) is 0 Å². The third kappa shape index (κ3) is 6.31. The zero-order valence-electron chi connectivity index (χ0n) is 28.7. The molecule has 5 aromatic rings. The van der Waals surface area contributed by atoms with E-state index in [0.717, 1.165) is 70.2 Å². The zero-order chi connectivity index (χ0) is 32.7. The van der Waals surface area contributed by atoms with Gasteiger partial charge in [0.2, 0.25) is 0 Å². The first-order valence-electron chi connectivity index (χ1n) is 16.5. The van der Waals surface area contributed by atoms with Gasteiger partial charge in [0.1, 0.15) is 5.58 Å². The van der Waals surface area contributed by atoms with E-state index in [2.05, 4.69) is 52.8 Å². The molecule has 6 heteroatoms. The van der Waals surface area contributed by atoms with Crippen molar-refractivity contribution in [1.82, 2.24) is 9.97 Å². The number of fused-ring (bicyclic) bond motifs is 3. The molecular weight excluding hydrogens is 749 g/mol. The molecule has 1 N–H and O–H groups in total. The summed E-state index contributed by atoms with van der Waals surface area (Å²) in [6.07, 6.45) is 4.91. The summed E-state index contributed by atoms with van der Waals surface area (Å²) in [5, 5.41) is 12.0. The number of carbonyl (C=O) groups is 1. The molecule has 5 nitrogen and oxygen atoms in total. The number of aliphatic hydroxyl groups excluding tert-OH is 1. The molecule has 2 aromatic heterocycles. The molecule has 1 radical (unpaired) electrons. The average molecular weight is 796 g/mol. The molecule has 6 rings (SSSR count). The van der Waals surface area contributed by atoms with E-state index in [1.807, 2.05) is 64.1 Å². The minimum atomic E-state index is -0.329. The number of carbonyl (C=O) groups excluding carboxylic acids is 1. The summed E-state index contributed by atoms with van der Waals surface area (Å²) < 4.78 is 6.49. The molecule has 245 valence electrons. The van der Waals surface area contributed by atoms with Gasteiger partial charge in [-0.3, -0.25) is 14.8 Å². The maximum atomic E-state index is 11.7. The second-order valence-corrected chi connectivity index (χ2v) is 13.8. The van der Waals surface area contributed by atoms with Crippen molar-refractivity contribution in [2.75, 3.05) is 0 Å². The molecule has 1 aliphatic carbocycles. The Bertz CT molecular complexity index is 1900. The Morgan fingerprint density at radius 3 is 2.11 bits per heavy atom. The van der Waals surface area contributed by atoms with E-state index < -0.39 is 0 Å². The fourth-order valence-electron chi connectivity index (χ4n) is 6.67. The maximum Gasteiger partial charge on any atom is 0.162 e. The molecule has 0 aliphatic heterocycles. The van der Waals surface area contributed by atoms with Crippen molar-refractivity contribution in [3.05, 3.63) is 83.3 Å². The van der Waals surface area contributed by atoms with E-state index >= 15 is 0 Å². The summed E-state index contributed by atoms with van der Waals surface area (Å²) in [5.74, 6) is 0.547. The van der Waals surface area contributed by atoms with Crippen molar-refractivity contribution < 1.29 is 34.4 Å². The number of aromatic nitrogens is 2. The van der Waals surface area contributed by atoms with Crippen LogP contribution >= 0.6 is 0 Å². The van der Waals surface area contributed by atoms with Crippen molar-refractivity contribution in [3.63, 3.8) is 0 Å². The van der Waals surface area contributed by atoms with Crippen LogP contribution in [0.3, 0.4) is 0 Å². The largest absolute Gasteiger partial charge is 0.512 e. The van der Waals surface area contributed by atoms with Gasteiger partial charge in [0.05, 0.1) is 22.4 Å². The van der Waals surface area contributed by atoms with E-state index in [1.54, 1.807) is 0 Å². The van der Waals surface area contributed by atoms with Crippen molar-refractivity contribution in [1.29, 1.82) is 0 Å². The molecule has 0 bridgehead atoms. The van der Waals surface area contributed by atoms with E-state index in [0.29, 0.717) is 0 Å². The van der Waals surface area contributed by atoms with Crippen molar-refractivity contribution >= 4 is 38.8 Å². The van der Waals surface area contributed by atoms with Crippen LogP contribution in [0, 0.1) is 17.9 Å². The van der Waals surface area contributed by atoms with Crippen LogP contribution in [-0.2, 0) is 35.7 Å². The number of rotatable bonds is 7. The number of aliphatic hydroxyl groups is 1. The van der Waals surface area contributed by atoms with Gasteiger partial charge in [-0.25, -0.2) is 0 Å². The summed E-state index contributed by atoms with van der Waals surface area (Å²) in [6, 6.07) is 20.0. The number of hydrogen-bond acceptors (Lipinski definition) is 5. The van der Waals surface area contributed by atoms with Crippen molar-refractivity contribution in [2.45, 2.75) is 98.8 Å². The molecule has 0 saturated heterocycles. The predicted molar refractivity (Wildman–Crippen MR) is 186 cm³/mol. The van der Waals surface area contributed by atoms with Gasteiger partial charge in [-0.1, -0.05) is 98.0 Å². The number of hydrogen-bond donors (Lipinski definition) is 1. The summed E-state index contributed by atoms with van der Waals surface area (Å²) >= 11 is 0. The Kier molecular flexibility index (Phi) is 10.6. The van der Waals surface area contributed by atoms with Crippen LogP contribution in [-0.4, -0.2) is 20.9 Å². The molecular formula is C40H47IrN2O3-. The monoisotopic (exact) mass is 796 g/mol. The summed E-state index contributed by atoms with van der Waals surface area (Å²) in [5.41, 5.74) is 8.66. The molecule has 0 spiro atoms. The third-order valence-corrected chi connectivity index (χ3v) is 9.54. The topological polar surface area (TPSA) is 76.2 Å². The van der Waals surface area contributed by atoms with E-state index in [1.165, 1.54) is 22.6 Å². The molecule has 0 unspecified atom stereocenters. The Morgan fingerprint density at radius 1 is 0.913 bits per heavy atom. The number of allylic oxidation sites excluding steroid dienone is 2. The van der Waals surface area contributed by atoms with Gasteiger partial charge in [-0.15, -0.1) is 17.7 Å². The van der Waals surface area contributed by atoms with Gasteiger partial charge < -0.3 is 9.52 Å². The SMILES string of the molecule is CC(C)(C)c1ccc2c3c1oc1cc[c-]c(c13)-c1nc3ccccc3nc1C2(C)C.CCC(CC)C(=O)/C=C(\O)C(CC)CC.[Ir]. The first-order valence-corrected chi connectivity index (χ1v) is 16.5. The third-order valence-electron chi connectivity index (χ3n) is 9.54. The molecule has 46 heavy (non-hydrogen) atoms.